The third-order valence-corrected chi connectivity index (χ3v) is 5.59. The summed E-state index contributed by atoms with van der Waals surface area (Å²) in [6.07, 6.45) is 27.1. The van der Waals surface area contributed by atoms with Gasteiger partial charge in [0.05, 0.1) is 0 Å². The van der Waals surface area contributed by atoms with Crippen LogP contribution in [0.5, 0.6) is 0 Å². The molecular formula is C22H45O3P. The zero-order valence-electron chi connectivity index (χ0n) is 17.5. The molecule has 0 rings (SSSR count). The van der Waals surface area contributed by atoms with Crippen LogP contribution in [0.15, 0.2) is 0 Å². The van der Waals surface area contributed by atoms with Crippen molar-refractivity contribution in [3.8, 4) is 0 Å². The summed E-state index contributed by atoms with van der Waals surface area (Å²) in [6, 6.07) is 0. The molecule has 0 aromatic heterocycles. The number of rotatable bonds is 22. The Bertz CT molecular complexity index is 285. The van der Waals surface area contributed by atoms with Crippen molar-refractivity contribution in [1.29, 1.82) is 0 Å². The van der Waals surface area contributed by atoms with Crippen molar-refractivity contribution < 1.29 is 14.0 Å². The maximum atomic E-state index is 10.2. The molecular weight excluding hydrogens is 343 g/mol. The predicted molar refractivity (Wildman–Crippen MR) is 112 cm³/mol. The van der Waals surface area contributed by atoms with E-state index in [1.54, 1.807) is 0 Å². The molecule has 0 aliphatic carbocycles. The average molecular weight is 389 g/mol. The highest BCUT2D eigenvalue weighted by Crippen LogP contribution is 2.15. The Labute approximate surface area is 164 Å². The number of hydrogen-bond donors (Lipinski definition) is 0. The van der Waals surface area contributed by atoms with Gasteiger partial charge >= 0.3 is 8.25 Å². The van der Waals surface area contributed by atoms with E-state index in [-0.39, 0.29) is 0 Å². The predicted octanol–water partition coefficient (Wildman–Crippen LogP) is 7.84. The monoisotopic (exact) mass is 388 g/mol. The molecule has 1 atom stereocenters. The van der Waals surface area contributed by atoms with Gasteiger partial charge in [-0.15, -0.1) is 4.52 Å². The molecule has 0 amide bonds. The topological polar surface area (TPSA) is 49.4 Å². The molecule has 0 heterocycles. The van der Waals surface area contributed by atoms with Crippen molar-refractivity contribution in [2.24, 2.45) is 0 Å². The van der Waals surface area contributed by atoms with E-state index in [0.717, 1.165) is 12.8 Å². The Kier molecular flexibility index (Phi) is 23.1. The molecule has 0 aromatic rings. The fourth-order valence-electron chi connectivity index (χ4n) is 3.50. The third kappa shape index (κ3) is 24.0. The molecule has 0 fully saturated rings. The molecule has 0 aromatic carbocycles. The molecule has 0 saturated carbocycles. The lowest BCUT2D eigenvalue weighted by Crippen LogP contribution is -1.93. The van der Waals surface area contributed by atoms with Crippen molar-refractivity contribution in [2.75, 3.05) is 6.61 Å². The standard InChI is InChI=1S/C22H45O3P/c1-2-3-4-5-6-7-8-9-10-11-12-13-14-15-16-17-18-19-20-21-22-25-26(23)24/h2-22H2,1H3. The van der Waals surface area contributed by atoms with Gasteiger partial charge in [-0.2, -0.15) is 0 Å². The third-order valence-electron chi connectivity index (χ3n) is 5.19. The Balaban J connectivity index is 2.98. The maximum absolute atomic E-state index is 10.2. The Morgan fingerprint density at radius 1 is 0.538 bits per heavy atom. The normalized spacial score (nSPS) is 11.8. The van der Waals surface area contributed by atoms with Crippen LogP contribution in [0.4, 0.5) is 0 Å². The van der Waals surface area contributed by atoms with E-state index < -0.39 is 8.25 Å². The van der Waals surface area contributed by atoms with Gasteiger partial charge in [-0.25, -0.2) is 0 Å². The summed E-state index contributed by atoms with van der Waals surface area (Å²) < 4.78 is 14.7. The van der Waals surface area contributed by atoms with Crippen molar-refractivity contribution in [2.45, 2.75) is 135 Å². The van der Waals surface area contributed by atoms with E-state index in [1.807, 2.05) is 0 Å². The molecule has 0 radical (unpaired) electrons. The van der Waals surface area contributed by atoms with E-state index in [2.05, 4.69) is 11.4 Å². The molecule has 156 valence electrons. The van der Waals surface area contributed by atoms with Gasteiger partial charge in [-0.3, -0.25) is 0 Å². The second-order valence-electron chi connectivity index (χ2n) is 7.77. The lowest BCUT2D eigenvalue weighted by atomic mass is 10.0. The summed E-state index contributed by atoms with van der Waals surface area (Å²) in [5.74, 6) is 0. The zero-order chi connectivity index (χ0) is 19.1. The minimum absolute atomic E-state index is 0.359. The van der Waals surface area contributed by atoms with Gasteiger partial charge in [0.2, 0.25) is 0 Å². The van der Waals surface area contributed by atoms with E-state index in [0.29, 0.717) is 6.61 Å². The van der Waals surface area contributed by atoms with Crippen LogP contribution >= 0.6 is 8.25 Å². The van der Waals surface area contributed by atoms with Crippen LogP contribution in [0.1, 0.15) is 135 Å². The van der Waals surface area contributed by atoms with Gasteiger partial charge in [-0.1, -0.05) is 129 Å². The number of hydrogen-bond acceptors (Lipinski definition) is 3. The van der Waals surface area contributed by atoms with Crippen LogP contribution in [-0.2, 0) is 9.09 Å². The highest BCUT2D eigenvalue weighted by molar-refractivity contribution is 7.30. The first-order valence-corrected chi connectivity index (χ1v) is 12.6. The van der Waals surface area contributed by atoms with Crippen LogP contribution in [0, 0.1) is 0 Å². The minimum Gasteiger partial charge on any atom is -0.566 e. The van der Waals surface area contributed by atoms with Gasteiger partial charge in [0.15, 0.2) is 0 Å². The second kappa shape index (κ2) is 23.1. The first-order valence-electron chi connectivity index (χ1n) is 11.5. The summed E-state index contributed by atoms with van der Waals surface area (Å²) >= 11 is 0. The van der Waals surface area contributed by atoms with Crippen molar-refractivity contribution in [1.82, 2.24) is 0 Å². The van der Waals surface area contributed by atoms with Gasteiger partial charge in [0, 0.05) is 0 Å². The average Bonchev–Trinajstić information content (AvgIpc) is 2.62. The Morgan fingerprint density at radius 2 is 0.808 bits per heavy atom. The van der Waals surface area contributed by atoms with Gasteiger partial charge in [0.1, 0.15) is 6.61 Å². The molecule has 0 aliphatic heterocycles. The molecule has 3 nitrogen and oxygen atoms in total. The van der Waals surface area contributed by atoms with E-state index in [1.165, 1.54) is 116 Å². The molecule has 4 heteroatoms. The highest BCUT2D eigenvalue weighted by Gasteiger charge is 2.00. The van der Waals surface area contributed by atoms with Crippen molar-refractivity contribution >= 4 is 8.25 Å². The SMILES string of the molecule is CCCCCCCCCCCCCCCCCCCCCCO[P+](=O)[O-]. The van der Waals surface area contributed by atoms with Gasteiger partial charge in [0.25, 0.3) is 0 Å². The van der Waals surface area contributed by atoms with Crippen LogP contribution in [0.2, 0.25) is 0 Å². The van der Waals surface area contributed by atoms with E-state index >= 15 is 0 Å². The molecule has 26 heavy (non-hydrogen) atoms. The highest BCUT2D eigenvalue weighted by atomic mass is 31.1. The molecule has 0 aliphatic rings. The number of unbranched alkanes of at least 4 members (excludes halogenated alkanes) is 19. The molecule has 0 spiro atoms. The largest absolute Gasteiger partial charge is 0.566 e. The lowest BCUT2D eigenvalue weighted by molar-refractivity contribution is -0.185. The summed E-state index contributed by atoms with van der Waals surface area (Å²) in [6.45, 7) is 2.64. The molecule has 0 N–H and O–H groups in total. The van der Waals surface area contributed by atoms with E-state index in [4.69, 9.17) is 0 Å². The summed E-state index contributed by atoms with van der Waals surface area (Å²) in [5.41, 5.74) is 0. The fraction of sp³-hybridized carbons (Fsp3) is 1.00. The molecule has 0 saturated heterocycles. The fourth-order valence-corrected chi connectivity index (χ4v) is 3.77. The summed E-state index contributed by atoms with van der Waals surface area (Å²) in [5, 5.41) is 0. The Hall–Kier alpha value is 0.0200. The summed E-state index contributed by atoms with van der Waals surface area (Å²) in [7, 11) is -2.65. The smallest absolute Gasteiger partial charge is 0.488 e. The van der Waals surface area contributed by atoms with Gasteiger partial charge in [-0.05, 0) is 11.0 Å². The van der Waals surface area contributed by atoms with Crippen molar-refractivity contribution in [3.63, 3.8) is 0 Å². The lowest BCUT2D eigenvalue weighted by Gasteiger charge is -2.04. The zero-order valence-corrected chi connectivity index (χ0v) is 18.4. The first-order chi connectivity index (χ1) is 12.8. The Morgan fingerprint density at radius 3 is 1.08 bits per heavy atom. The minimum atomic E-state index is -2.65. The van der Waals surface area contributed by atoms with Crippen LogP contribution in [0.25, 0.3) is 0 Å². The quantitative estimate of drug-likeness (QED) is 0.140. The van der Waals surface area contributed by atoms with Crippen LogP contribution < -0.4 is 4.89 Å². The maximum Gasteiger partial charge on any atom is 0.488 e. The van der Waals surface area contributed by atoms with Crippen molar-refractivity contribution in [3.05, 3.63) is 0 Å². The molecule has 0 bridgehead atoms. The van der Waals surface area contributed by atoms with Gasteiger partial charge < -0.3 is 4.89 Å². The second-order valence-corrected chi connectivity index (χ2v) is 8.48. The van der Waals surface area contributed by atoms with Crippen LogP contribution in [0.3, 0.4) is 0 Å². The van der Waals surface area contributed by atoms with Crippen LogP contribution in [-0.4, -0.2) is 6.61 Å². The van der Waals surface area contributed by atoms with E-state index in [9.17, 15) is 9.46 Å². The first kappa shape index (κ1) is 26.0. The molecule has 1 unspecified atom stereocenters. The summed E-state index contributed by atoms with van der Waals surface area (Å²) in [4.78, 5) is 10.2.